The van der Waals surface area contributed by atoms with Crippen LogP contribution in [0.1, 0.15) is 17.0 Å². The minimum absolute atomic E-state index is 0.0349. The van der Waals surface area contributed by atoms with Crippen LogP contribution < -0.4 is 21.3 Å². The summed E-state index contributed by atoms with van der Waals surface area (Å²) in [5, 5.41) is 3.27. The van der Waals surface area contributed by atoms with Crippen molar-refractivity contribution in [3.05, 3.63) is 111 Å². The van der Waals surface area contributed by atoms with Crippen molar-refractivity contribution in [1.82, 2.24) is 19.5 Å². The maximum Gasteiger partial charge on any atom is 0.573 e. The summed E-state index contributed by atoms with van der Waals surface area (Å²) in [5.41, 5.74) is 6.20. The molecule has 0 aliphatic carbocycles. The first-order chi connectivity index (χ1) is 20.5. The number of benzene rings is 3. The fourth-order valence-corrected chi connectivity index (χ4v) is 4.41. The summed E-state index contributed by atoms with van der Waals surface area (Å²) in [6.07, 6.45) is -3.54. The van der Waals surface area contributed by atoms with Crippen molar-refractivity contribution in [3.8, 4) is 23.3 Å². The molecule has 0 fully saturated rings. The quantitative estimate of drug-likeness (QED) is 0.189. The van der Waals surface area contributed by atoms with Gasteiger partial charge < -0.3 is 15.8 Å². The molecule has 8 nitrogen and oxygen atoms in total. The first kappa shape index (κ1) is 29.3. The van der Waals surface area contributed by atoms with E-state index in [4.69, 9.17) is 17.3 Å². The number of ether oxygens (including phenoxy) is 1. The van der Waals surface area contributed by atoms with Gasteiger partial charge in [-0.3, -0.25) is 9.36 Å². The fraction of sp³-hybridized carbons (Fsp3) is 0.103. The third kappa shape index (κ3) is 6.82. The van der Waals surface area contributed by atoms with Gasteiger partial charge in [0.05, 0.1) is 21.6 Å². The lowest BCUT2D eigenvalue weighted by Crippen LogP contribution is -2.26. The van der Waals surface area contributed by atoms with Crippen molar-refractivity contribution < 1.29 is 26.7 Å². The SMILES string of the molecule is Nc1ncnc(NCCc2nc3cccc(Cl)c3c(=O)n2-c2cc(F)cc(F)c2)c1C#Cc1ccc(OC(F)(F)F)cc1. The summed E-state index contributed by atoms with van der Waals surface area (Å²) in [6.45, 7) is 0.116. The number of nitrogens with one attached hydrogen (secondary N) is 1. The number of fused-ring (bicyclic) bond motifs is 1. The monoisotopic (exact) mass is 612 g/mol. The minimum atomic E-state index is -4.82. The van der Waals surface area contributed by atoms with E-state index < -0.39 is 29.3 Å². The lowest BCUT2D eigenvalue weighted by Gasteiger charge is -2.15. The number of halogens is 6. The highest BCUT2D eigenvalue weighted by Gasteiger charge is 2.30. The van der Waals surface area contributed by atoms with Crippen LogP contribution in [0.4, 0.5) is 33.6 Å². The third-order valence-corrected chi connectivity index (χ3v) is 6.27. The number of aromatic nitrogens is 4. The van der Waals surface area contributed by atoms with Crippen molar-refractivity contribution >= 4 is 34.1 Å². The van der Waals surface area contributed by atoms with E-state index in [-0.39, 0.29) is 52.1 Å². The van der Waals surface area contributed by atoms with Crippen LogP contribution >= 0.6 is 11.6 Å². The summed E-state index contributed by atoms with van der Waals surface area (Å²) in [4.78, 5) is 26.1. The van der Waals surface area contributed by atoms with Gasteiger partial charge in [-0.1, -0.05) is 29.5 Å². The first-order valence-electron chi connectivity index (χ1n) is 12.4. The summed E-state index contributed by atoms with van der Waals surface area (Å²) < 4.78 is 70.4. The second-order valence-corrected chi connectivity index (χ2v) is 9.32. The van der Waals surface area contributed by atoms with Crippen LogP contribution in [0.15, 0.2) is 71.8 Å². The zero-order chi connectivity index (χ0) is 30.7. The van der Waals surface area contributed by atoms with E-state index in [1.54, 1.807) is 12.1 Å². The topological polar surface area (TPSA) is 108 Å². The molecule has 0 atom stereocenters. The molecule has 0 saturated heterocycles. The predicted molar refractivity (Wildman–Crippen MR) is 150 cm³/mol. The van der Waals surface area contributed by atoms with Crippen molar-refractivity contribution in [2.75, 3.05) is 17.6 Å². The molecule has 0 bridgehead atoms. The Balaban J connectivity index is 1.43. The van der Waals surface area contributed by atoms with E-state index in [9.17, 15) is 26.7 Å². The van der Waals surface area contributed by atoms with E-state index in [0.717, 1.165) is 28.8 Å². The van der Waals surface area contributed by atoms with Gasteiger partial charge in [0, 0.05) is 24.6 Å². The largest absolute Gasteiger partial charge is 0.573 e. The second-order valence-electron chi connectivity index (χ2n) is 8.91. The molecule has 0 amide bonds. The first-order valence-corrected chi connectivity index (χ1v) is 12.7. The van der Waals surface area contributed by atoms with Gasteiger partial charge >= 0.3 is 6.36 Å². The van der Waals surface area contributed by atoms with Gasteiger partial charge in [0.15, 0.2) is 0 Å². The van der Waals surface area contributed by atoms with E-state index in [2.05, 4.69) is 36.8 Å². The number of anilines is 2. The van der Waals surface area contributed by atoms with Crippen LogP contribution in [0.25, 0.3) is 16.6 Å². The average molecular weight is 613 g/mol. The molecule has 2 aromatic heterocycles. The van der Waals surface area contributed by atoms with Crippen molar-refractivity contribution in [3.63, 3.8) is 0 Å². The highest BCUT2D eigenvalue weighted by molar-refractivity contribution is 6.35. The molecule has 0 spiro atoms. The zero-order valence-electron chi connectivity index (χ0n) is 21.7. The van der Waals surface area contributed by atoms with Gasteiger partial charge in [-0.2, -0.15) is 0 Å². The smallest absolute Gasteiger partial charge is 0.406 e. The van der Waals surface area contributed by atoms with Crippen molar-refractivity contribution in [1.29, 1.82) is 0 Å². The normalized spacial score (nSPS) is 11.2. The number of nitrogen functional groups attached to an aromatic ring is 1. The standard InChI is InChI=1S/C29H18ClF5N6O2/c30-22-2-1-3-23-25(22)28(42)41(19-13-17(31)12-18(32)14-19)24(40-23)10-11-37-27-21(26(36)38-15-39-27)9-6-16-4-7-20(8-5-16)43-29(33,34)35/h1-5,7-8,12-15H,10-11H2,(H3,36,37,38,39). The molecule has 14 heteroatoms. The zero-order valence-corrected chi connectivity index (χ0v) is 22.5. The molecule has 0 aliphatic rings. The Morgan fingerprint density at radius 1 is 1.00 bits per heavy atom. The van der Waals surface area contributed by atoms with Gasteiger partial charge in [0.2, 0.25) is 0 Å². The molecule has 0 aliphatic heterocycles. The Hall–Kier alpha value is -5.22. The number of nitrogens with zero attached hydrogens (tertiary/aromatic N) is 4. The molecule has 5 aromatic rings. The highest BCUT2D eigenvalue weighted by Crippen LogP contribution is 2.24. The van der Waals surface area contributed by atoms with Gasteiger partial charge in [-0.25, -0.2) is 23.7 Å². The highest BCUT2D eigenvalue weighted by atomic mass is 35.5. The second kappa shape index (κ2) is 11.9. The lowest BCUT2D eigenvalue weighted by molar-refractivity contribution is -0.274. The van der Waals surface area contributed by atoms with Crippen LogP contribution in [0.3, 0.4) is 0 Å². The van der Waals surface area contributed by atoms with E-state index in [1.807, 2.05) is 0 Å². The van der Waals surface area contributed by atoms with Crippen molar-refractivity contribution in [2.45, 2.75) is 12.8 Å². The molecule has 0 unspecified atom stereocenters. The summed E-state index contributed by atoms with van der Waals surface area (Å²) >= 11 is 6.26. The Bertz CT molecular complexity index is 1930. The third-order valence-electron chi connectivity index (χ3n) is 5.96. The molecular weight excluding hydrogens is 595 g/mol. The lowest BCUT2D eigenvalue weighted by atomic mass is 10.2. The average Bonchev–Trinajstić information content (AvgIpc) is 2.92. The van der Waals surface area contributed by atoms with Crippen LogP contribution in [0.5, 0.6) is 5.75 Å². The maximum absolute atomic E-state index is 14.1. The van der Waals surface area contributed by atoms with Crippen LogP contribution in [-0.2, 0) is 6.42 Å². The summed E-state index contributed by atoms with van der Waals surface area (Å²) in [5.74, 6) is 3.87. The molecule has 2 heterocycles. The minimum Gasteiger partial charge on any atom is -0.406 e. The van der Waals surface area contributed by atoms with Gasteiger partial charge in [0.25, 0.3) is 5.56 Å². The van der Waals surface area contributed by atoms with Crippen LogP contribution in [0.2, 0.25) is 5.02 Å². The number of rotatable bonds is 6. The molecule has 0 saturated carbocycles. The molecule has 218 valence electrons. The van der Waals surface area contributed by atoms with Gasteiger partial charge in [-0.15, -0.1) is 13.2 Å². The fourth-order valence-electron chi connectivity index (χ4n) is 4.16. The van der Waals surface area contributed by atoms with Crippen LogP contribution in [0, 0.1) is 23.5 Å². The Morgan fingerprint density at radius 3 is 2.42 bits per heavy atom. The number of hydrogen-bond donors (Lipinski definition) is 2. The molecular formula is C29H18ClF5N6O2. The summed E-state index contributed by atoms with van der Waals surface area (Å²) in [6, 6.07) is 12.3. The number of alkyl halides is 3. The Kier molecular flexibility index (Phi) is 8.13. The predicted octanol–water partition coefficient (Wildman–Crippen LogP) is 5.64. The molecule has 3 aromatic carbocycles. The molecule has 43 heavy (non-hydrogen) atoms. The molecule has 0 radical (unpaired) electrons. The molecule has 3 N–H and O–H groups in total. The van der Waals surface area contributed by atoms with E-state index in [0.29, 0.717) is 17.1 Å². The Labute approximate surface area is 244 Å². The van der Waals surface area contributed by atoms with Crippen LogP contribution in [-0.4, -0.2) is 32.4 Å². The van der Waals surface area contributed by atoms with Gasteiger partial charge in [-0.05, 0) is 48.5 Å². The maximum atomic E-state index is 14.1. The van der Waals surface area contributed by atoms with Gasteiger partial charge in [0.1, 0.15) is 46.7 Å². The summed E-state index contributed by atoms with van der Waals surface area (Å²) in [7, 11) is 0. The molecule has 5 rings (SSSR count). The number of hydrogen-bond acceptors (Lipinski definition) is 7. The number of nitrogens with two attached hydrogens (primary N) is 1. The van der Waals surface area contributed by atoms with E-state index in [1.165, 1.54) is 24.5 Å². The van der Waals surface area contributed by atoms with E-state index >= 15 is 0 Å². The Morgan fingerprint density at radius 2 is 1.72 bits per heavy atom. The van der Waals surface area contributed by atoms with Crippen molar-refractivity contribution in [2.24, 2.45) is 0 Å².